The van der Waals surface area contributed by atoms with Crippen LogP contribution in [0.15, 0.2) is 6.07 Å². The van der Waals surface area contributed by atoms with Crippen LogP contribution < -0.4 is 9.64 Å². The molecule has 1 heterocycles. The quantitative estimate of drug-likeness (QED) is 0.825. The number of aryl methyl sites for hydroxylation is 1. The summed E-state index contributed by atoms with van der Waals surface area (Å²) in [5.74, 6) is 0.286. The molecule has 6 nitrogen and oxygen atoms in total. The first-order valence-corrected chi connectivity index (χ1v) is 6.77. The van der Waals surface area contributed by atoms with Crippen LogP contribution in [-0.2, 0) is 4.79 Å². The zero-order chi connectivity index (χ0) is 15.3. The molecule has 0 aliphatic carbocycles. The number of hydrogen-bond donors (Lipinski definition) is 1. The normalized spacial score (nSPS) is 10.9. The number of ether oxygens (including phenoxy) is 1. The van der Waals surface area contributed by atoms with Crippen LogP contribution in [0.1, 0.15) is 33.4 Å². The van der Waals surface area contributed by atoms with Crippen molar-refractivity contribution in [2.75, 3.05) is 18.0 Å². The van der Waals surface area contributed by atoms with Gasteiger partial charge in [-0.3, -0.25) is 4.79 Å². The van der Waals surface area contributed by atoms with Crippen LogP contribution in [0.25, 0.3) is 0 Å². The first-order valence-electron chi connectivity index (χ1n) is 6.77. The monoisotopic (exact) mass is 281 g/mol. The summed E-state index contributed by atoms with van der Waals surface area (Å²) in [7, 11) is 0. The summed E-state index contributed by atoms with van der Waals surface area (Å²) in [6.07, 6.45) is 0.00942. The Hall–Kier alpha value is -1.85. The van der Waals surface area contributed by atoms with Gasteiger partial charge in [-0.1, -0.05) is 13.8 Å². The highest BCUT2D eigenvalue weighted by atomic mass is 16.5. The number of aromatic nitrogens is 2. The van der Waals surface area contributed by atoms with E-state index in [2.05, 4.69) is 9.97 Å². The third-order valence-corrected chi connectivity index (χ3v) is 2.37. The minimum atomic E-state index is -0.901. The van der Waals surface area contributed by atoms with Gasteiger partial charge in [0.1, 0.15) is 6.54 Å². The standard InChI is InChI=1S/C14H23N3O3/c1-9(2)7-17(8-13(18)19)14-15-11(5)6-12(16-14)20-10(3)4/h6,9-10H,7-8H2,1-5H3,(H,18,19). The largest absolute Gasteiger partial charge is 0.480 e. The molecule has 1 aromatic heterocycles. The van der Waals surface area contributed by atoms with E-state index < -0.39 is 5.97 Å². The number of carboxylic acids is 1. The summed E-state index contributed by atoms with van der Waals surface area (Å²) in [4.78, 5) is 21.3. The smallest absolute Gasteiger partial charge is 0.323 e. The molecular weight excluding hydrogens is 258 g/mol. The lowest BCUT2D eigenvalue weighted by Gasteiger charge is -2.23. The van der Waals surface area contributed by atoms with E-state index in [9.17, 15) is 4.79 Å². The molecule has 6 heteroatoms. The van der Waals surface area contributed by atoms with E-state index in [1.54, 1.807) is 11.0 Å². The van der Waals surface area contributed by atoms with Crippen molar-refractivity contribution in [2.24, 2.45) is 5.92 Å². The highest BCUT2D eigenvalue weighted by molar-refractivity contribution is 5.72. The number of rotatable bonds is 7. The second-order valence-electron chi connectivity index (χ2n) is 5.48. The predicted molar refractivity (Wildman–Crippen MR) is 77.2 cm³/mol. The minimum absolute atomic E-state index is 0.00942. The lowest BCUT2D eigenvalue weighted by atomic mass is 10.2. The van der Waals surface area contributed by atoms with E-state index >= 15 is 0 Å². The van der Waals surface area contributed by atoms with Crippen molar-refractivity contribution in [3.63, 3.8) is 0 Å². The molecule has 1 aromatic rings. The van der Waals surface area contributed by atoms with Gasteiger partial charge in [0.2, 0.25) is 11.8 Å². The molecule has 0 radical (unpaired) electrons. The maximum Gasteiger partial charge on any atom is 0.323 e. The molecule has 20 heavy (non-hydrogen) atoms. The van der Waals surface area contributed by atoms with Crippen LogP contribution >= 0.6 is 0 Å². The van der Waals surface area contributed by atoms with Crippen molar-refractivity contribution < 1.29 is 14.6 Å². The zero-order valence-electron chi connectivity index (χ0n) is 12.8. The molecule has 1 rings (SSSR count). The Morgan fingerprint density at radius 3 is 2.50 bits per heavy atom. The Labute approximate surface area is 119 Å². The van der Waals surface area contributed by atoms with Gasteiger partial charge in [-0.15, -0.1) is 0 Å². The predicted octanol–water partition coefficient (Wildman–Crippen LogP) is 2.12. The molecule has 0 unspecified atom stereocenters. The van der Waals surface area contributed by atoms with Crippen molar-refractivity contribution in [2.45, 2.75) is 40.7 Å². The molecule has 0 aliphatic rings. The van der Waals surface area contributed by atoms with Gasteiger partial charge < -0.3 is 14.7 Å². The minimum Gasteiger partial charge on any atom is -0.480 e. The lowest BCUT2D eigenvalue weighted by Crippen LogP contribution is -2.34. The Morgan fingerprint density at radius 2 is 2.00 bits per heavy atom. The fourth-order valence-electron chi connectivity index (χ4n) is 1.79. The van der Waals surface area contributed by atoms with Crippen molar-refractivity contribution in [1.29, 1.82) is 0 Å². The van der Waals surface area contributed by atoms with Crippen LogP contribution in [0.2, 0.25) is 0 Å². The van der Waals surface area contributed by atoms with Crippen LogP contribution in [0.3, 0.4) is 0 Å². The molecule has 0 atom stereocenters. The number of aliphatic carboxylic acids is 1. The second-order valence-corrected chi connectivity index (χ2v) is 5.48. The van der Waals surface area contributed by atoms with Gasteiger partial charge in [-0.2, -0.15) is 4.98 Å². The first kappa shape index (κ1) is 16.2. The number of hydrogen-bond acceptors (Lipinski definition) is 5. The first-order chi connectivity index (χ1) is 9.27. The molecule has 112 valence electrons. The maximum atomic E-state index is 11.0. The summed E-state index contributed by atoms with van der Waals surface area (Å²) in [6.45, 7) is 10.2. The van der Waals surface area contributed by atoms with E-state index in [0.29, 0.717) is 24.3 Å². The van der Waals surface area contributed by atoms with Gasteiger partial charge in [0.15, 0.2) is 0 Å². The number of carbonyl (C=O) groups is 1. The fraction of sp³-hybridized carbons (Fsp3) is 0.643. The number of anilines is 1. The zero-order valence-corrected chi connectivity index (χ0v) is 12.8. The summed E-state index contributed by atoms with van der Waals surface area (Å²) < 4.78 is 5.57. The van der Waals surface area contributed by atoms with Gasteiger partial charge in [0, 0.05) is 18.3 Å². The summed E-state index contributed by atoms with van der Waals surface area (Å²) in [5, 5.41) is 9.01. The van der Waals surface area contributed by atoms with E-state index in [1.165, 1.54) is 0 Å². The van der Waals surface area contributed by atoms with E-state index in [4.69, 9.17) is 9.84 Å². The average molecular weight is 281 g/mol. The molecule has 0 saturated carbocycles. The molecule has 1 N–H and O–H groups in total. The third-order valence-electron chi connectivity index (χ3n) is 2.37. The van der Waals surface area contributed by atoms with Crippen molar-refractivity contribution in [3.8, 4) is 5.88 Å². The van der Waals surface area contributed by atoms with Crippen LogP contribution in [0, 0.1) is 12.8 Å². The maximum absolute atomic E-state index is 11.0. The van der Waals surface area contributed by atoms with Crippen molar-refractivity contribution in [3.05, 3.63) is 11.8 Å². The Balaban J connectivity index is 3.04. The third kappa shape index (κ3) is 5.42. The van der Waals surface area contributed by atoms with E-state index in [0.717, 1.165) is 5.69 Å². The molecule has 0 fully saturated rings. The SMILES string of the molecule is Cc1cc(OC(C)C)nc(N(CC(=O)O)CC(C)C)n1. The molecule has 0 aliphatic heterocycles. The summed E-state index contributed by atoms with van der Waals surface area (Å²) >= 11 is 0. The summed E-state index contributed by atoms with van der Waals surface area (Å²) in [5.41, 5.74) is 0.754. The Morgan fingerprint density at radius 1 is 1.35 bits per heavy atom. The van der Waals surface area contributed by atoms with Crippen molar-refractivity contribution >= 4 is 11.9 Å². The number of nitrogens with zero attached hydrogens (tertiary/aromatic N) is 3. The van der Waals surface area contributed by atoms with Crippen LogP contribution in [0.5, 0.6) is 5.88 Å². The second kappa shape index (κ2) is 7.07. The lowest BCUT2D eigenvalue weighted by molar-refractivity contribution is -0.135. The topological polar surface area (TPSA) is 75.5 Å². The molecule has 0 aromatic carbocycles. The van der Waals surface area contributed by atoms with Gasteiger partial charge in [-0.25, -0.2) is 4.98 Å². The van der Waals surface area contributed by atoms with Gasteiger partial charge in [-0.05, 0) is 26.7 Å². The molecule has 0 saturated heterocycles. The van der Waals surface area contributed by atoms with Crippen LogP contribution in [-0.4, -0.2) is 40.2 Å². The summed E-state index contributed by atoms with van der Waals surface area (Å²) in [6, 6.07) is 1.75. The average Bonchev–Trinajstić information content (AvgIpc) is 2.24. The molecular formula is C14H23N3O3. The fourth-order valence-corrected chi connectivity index (χ4v) is 1.79. The van der Waals surface area contributed by atoms with Gasteiger partial charge in [0.05, 0.1) is 6.10 Å². The molecule has 0 bridgehead atoms. The molecule has 0 spiro atoms. The van der Waals surface area contributed by atoms with Gasteiger partial charge >= 0.3 is 5.97 Å². The molecule has 0 amide bonds. The van der Waals surface area contributed by atoms with Gasteiger partial charge in [0.25, 0.3) is 0 Å². The Bertz CT molecular complexity index is 461. The highest BCUT2D eigenvalue weighted by Gasteiger charge is 2.16. The highest BCUT2D eigenvalue weighted by Crippen LogP contribution is 2.17. The van der Waals surface area contributed by atoms with E-state index in [-0.39, 0.29) is 12.6 Å². The van der Waals surface area contributed by atoms with Crippen molar-refractivity contribution in [1.82, 2.24) is 9.97 Å². The van der Waals surface area contributed by atoms with E-state index in [1.807, 2.05) is 34.6 Å². The number of carboxylic acid groups (broad SMARTS) is 1. The van der Waals surface area contributed by atoms with Crippen LogP contribution in [0.4, 0.5) is 5.95 Å². The Kier molecular flexibility index (Phi) is 5.73.